The van der Waals surface area contributed by atoms with Crippen molar-refractivity contribution >= 4 is 22.6 Å². The van der Waals surface area contributed by atoms with Crippen LogP contribution in [-0.4, -0.2) is 23.3 Å². The van der Waals surface area contributed by atoms with Gasteiger partial charge in [0.15, 0.2) is 0 Å². The SMILES string of the molecule is COCCn1c(COc2ccccc2Cl)nc2ccccc21. The van der Waals surface area contributed by atoms with Crippen LogP contribution in [0.4, 0.5) is 0 Å². The Morgan fingerprint density at radius 1 is 1.09 bits per heavy atom. The smallest absolute Gasteiger partial charge is 0.148 e. The predicted octanol–water partition coefficient (Wildman–Crippen LogP) is 3.92. The van der Waals surface area contributed by atoms with Crippen molar-refractivity contribution in [2.75, 3.05) is 13.7 Å². The summed E-state index contributed by atoms with van der Waals surface area (Å²) in [5.74, 6) is 1.52. The summed E-state index contributed by atoms with van der Waals surface area (Å²) < 4.78 is 13.1. The lowest BCUT2D eigenvalue weighted by atomic mass is 10.3. The number of fused-ring (bicyclic) bond motifs is 1. The Hall–Kier alpha value is -2.04. The molecule has 3 rings (SSSR count). The molecule has 0 bridgehead atoms. The summed E-state index contributed by atoms with van der Waals surface area (Å²) in [5.41, 5.74) is 2.04. The molecule has 1 aromatic heterocycles. The maximum atomic E-state index is 6.12. The van der Waals surface area contributed by atoms with Gasteiger partial charge in [0.2, 0.25) is 0 Å². The molecule has 3 aromatic rings. The first-order chi connectivity index (χ1) is 10.8. The van der Waals surface area contributed by atoms with Crippen LogP contribution in [0.2, 0.25) is 5.02 Å². The fraction of sp³-hybridized carbons (Fsp3) is 0.235. The van der Waals surface area contributed by atoms with E-state index < -0.39 is 0 Å². The van der Waals surface area contributed by atoms with Crippen molar-refractivity contribution in [2.45, 2.75) is 13.2 Å². The standard InChI is InChI=1S/C17H17ClN2O2/c1-21-11-10-20-15-8-4-3-7-14(15)19-17(20)12-22-16-9-5-2-6-13(16)18/h2-9H,10-12H2,1H3. The van der Waals surface area contributed by atoms with Gasteiger partial charge in [0.1, 0.15) is 18.2 Å². The monoisotopic (exact) mass is 316 g/mol. The number of rotatable bonds is 6. The zero-order chi connectivity index (χ0) is 15.4. The fourth-order valence-electron chi connectivity index (χ4n) is 2.37. The highest BCUT2D eigenvalue weighted by molar-refractivity contribution is 6.32. The molecule has 0 saturated heterocycles. The molecule has 4 nitrogen and oxygen atoms in total. The number of benzene rings is 2. The molecule has 0 fully saturated rings. The van der Waals surface area contributed by atoms with E-state index in [1.165, 1.54) is 0 Å². The third kappa shape index (κ3) is 3.08. The Bertz CT molecular complexity index is 770. The second-order valence-corrected chi connectivity index (χ2v) is 5.29. The van der Waals surface area contributed by atoms with Crippen molar-refractivity contribution in [3.8, 4) is 5.75 Å². The van der Waals surface area contributed by atoms with Crippen molar-refractivity contribution in [3.63, 3.8) is 0 Å². The van der Waals surface area contributed by atoms with E-state index in [0.717, 1.165) is 23.4 Å². The first-order valence-electron chi connectivity index (χ1n) is 7.10. The number of para-hydroxylation sites is 3. The van der Waals surface area contributed by atoms with Crippen molar-refractivity contribution in [1.29, 1.82) is 0 Å². The van der Waals surface area contributed by atoms with E-state index in [9.17, 15) is 0 Å². The Kier molecular flexibility index (Phi) is 4.61. The van der Waals surface area contributed by atoms with Crippen LogP contribution in [0.25, 0.3) is 11.0 Å². The Balaban J connectivity index is 1.87. The minimum Gasteiger partial charge on any atom is -0.484 e. The number of halogens is 1. The second-order valence-electron chi connectivity index (χ2n) is 4.88. The third-order valence-electron chi connectivity index (χ3n) is 3.45. The summed E-state index contributed by atoms with van der Waals surface area (Å²) in [6.07, 6.45) is 0. The van der Waals surface area contributed by atoms with Gasteiger partial charge in [-0.2, -0.15) is 0 Å². The molecule has 0 aliphatic carbocycles. The molecule has 22 heavy (non-hydrogen) atoms. The molecular formula is C17H17ClN2O2. The van der Waals surface area contributed by atoms with Crippen LogP contribution < -0.4 is 4.74 Å². The second kappa shape index (κ2) is 6.81. The van der Waals surface area contributed by atoms with Crippen LogP contribution in [0.1, 0.15) is 5.82 Å². The molecule has 0 aliphatic rings. The largest absolute Gasteiger partial charge is 0.484 e. The maximum Gasteiger partial charge on any atom is 0.148 e. The third-order valence-corrected chi connectivity index (χ3v) is 3.76. The lowest BCUT2D eigenvalue weighted by Crippen LogP contribution is -2.10. The van der Waals surface area contributed by atoms with Crippen LogP contribution in [-0.2, 0) is 17.9 Å². The van der Waals surface area contributed by atoms with Crippen molar-refractivity contribution in [1.82, 2.24) is 9.55 Å². The van der Waals surface area contributed by atoms with Gasteiger partial charge in [-0.15, -0.1) is 0 Å². The average molecular weight is 317 g/mol. The van der Waals surface area contributed by atoms with E-state index in [4.69, 9.17) is 21.1 Å². The molecule has 0 spiro atoms. The molecule has 2 aromatic carbocycles. The number of ether oxygens (including phenoxy) is 2. The molecule has 0 radical (unpaired) electrons. The lowest BCUT2D eigenvalue weighted by molar-refractivity contribution is 0.185. The molecule has 0 amide bonds. The quantitative estimate of drug-likeness (QED) is 0.691. The Morgan fingerprint density at radius 3 is 2.68 bits per heavy atom. The van der Waals surface area contributed by atoms with Crippen LogP contribution >= 0.6 is 11.6 Å². The first-order valence-corrected chi connectivity index (χ1v) is 7.48. The first kappa shape index (κ1) is 14.9. The molecule has 0 saturated carbocycles. The number of aromatic nitrogens is 2. The highest BCUT2D eigenvalue weighted by atomic mass is 35.5. The minimum absolute atomic E-state index is 0.363. The number of nitrogens with zero attached hydrogens (tertiary/aromatic N) is 2. The highest BCUT2D eigenvalue weighted by Crippen LogP contribution is 2.24. The van der Waals surface area contributed by atoms with E-state index in [0.29, 0.717) is 24.0 Å². The summed E-state index contributed by atoms with van der Waals surface area (Å²) in [7, 11) is 1.69. The topological polar surface area (TPSA) is 36.3 Å². The molecule has 0 atom stereocenters. The molecule has 114 valence electrons. The van der Waals surface area contributed by atoms with E-state index in [1.54, 1.807) is 7.11 Å². The van der Waals surface area contributed by atoms with E-state index in [2.05, 4.69) is 15.6 Å². The van der Waals surface area contributed by atoms with Crippen LogP contribution in [0.3, 0.4) is 0 Å². The molecule has 5 heteroatoms. The fourth-order valence-corrected chi connectivity index (χ4v) is 2.56. The van der Waals surface area contributed by atoms with Crippen LogP contribution in [0.15, 0.2) is 48.5 Å². The van der Waals surface area contributed by atoms with E-state index in [-0.39, 0.29) is 0 Å². The number of hydrogen-bond donors (Lipinski definition) is 0. The molecular weight excluding hydrogens is 300 g/mol. The summed E-state index contributed by atoms with van der Waals surface area (Å²) >= 11 is 6.12. The zero-order valence-electron chi connectivity index (χ0n) is 12.3. The van der Waals surface area contributed by atoms with Crippen molar-refractivity contribution < 1.29 is 9.47 Å². The number of methoxy groups -OCH3 is 1. The van der Waals surface area contributed by atoms with E-state index >= 15 is 0 Å². The highest BCUT2D eigenvalue weighted by Gasteiger charge is 2.11. The van der Waals surface area contributed by atoms with Gasteiger partial charge in [-0.05, 0) is 24.3 Å². The molecule has 0 aliphatic heterocycles. The average Bonchev–Trinajstić information content (AvgIpc) is 2.90. The Labute approximate surface area is 134 Å². The summed E-state index contributed by atoms with van der Waals surface area (Å²) in [6.45, 7) is 1.72. The number of hydrogen-bond acceptors (Lipinski definition) is 3. The van der Waals surface area contributed by atoms with Gasteiger partial charge in [0.05, 0.1) is 22.7 Å². The maximum absolute atomic E-state index is 6.12. The van der Waals surface area contributed by atoms with Gasteiger partial charge in [0, 0.05) is 13.7 Å². The number of imidazole rings is 1. The summed E-state index contributed by atoms with van der Waals surface area (Å²) in [5, 5.41) is 0.599. The van der Waals surface area contributed by atoms with Crippen molar-refractivity contribution in [3.05, 3.63) is 59.4 Å². The Morgan fingerprint density at radius 2 is 1.86 bits per heavy atom. The van der Waals surface area contributed by atoms with Gasteiger partial charge >= 0.3 is 0 Å². The van der Waals surface area contributed by atoms with Gasteiger partial charge in [-0.3, -0.25) is 0 Å². The van der Waals surface area contributed by atoms with Crippen LogP contribution in [0.5, 0.6) is 5.75 Å². The molecule has 0 unspecified atom stereocenters. The molecule has 0 N–H and O–H groups in total. The molecule has 1 heterocycles. The normalized spacial score (nSPS) is 11.0. The predicted molar refractivity (Wildman–Crippen MR) is 87.4 cm³/mol. The van der Waals surface area contributed by atoms with Gasteiger partial charge in [0.25, 0.3) is 0 Å². The summed E-state index contributed by atoms with van der Waals surface area (Å²) in [6, 6.07) is 15.5. The van der Waals surface area contributed by atoms with Gasteiger partial charge < -0.3 is 14.0 Å². The van der Waals surface area contributed by atoms with Gasteiger partial charge in [-0.1, -0.05) is 35.9 Å². The van der Waals surface area contributed by atoms with Crippen molar-refractivity contribution in [2.24, 2.45) is 0 Å². The lowest BCUT2D eigenvalue weighted by Gasteiger charge is -2.10. The van der Waals surface area contributed by atoms with Crippen LogP contribution in [0, 0.1) is 0 Å². The zero-order valence-corrected chi connectivity index (χ0v) is 13.1. The minimum atomic E-state index is 0.363. The summed E-state index contributed by atoms with van der Waals surface area (Å²) in [4.78, 5) is 4.65. The van der Waals surface area contributed by atoms with E-state index in [1.807, 2.05) is 42.5 Å². The van der Waals surface area contributed by atoms with Gasteiger partial charge in [-0.25, -0.2) is 4.98 Å².